The summed E-state index contributed by atoms with van der Waals surface area (Å²) in [5, 5.41) is 0. The van der Waals surface area contributed by atoms with E-state index >= 15 is 0 Å². The minimum Gasteiger partial charge on any atom is -0.494 e. The Labute approximate surface area is 252 Å². The zero-order valence-electron chi connectivity index (χ0n) is 25.7. The van der Waals surface area contributed by atoms with Crippen molar-refractivity contribution in [1.82, 2.24) is 0 Å². The molecule has 3 rings (SSSR count). The van der Waals surface area contributed by atoms with Gasteiger partial charge >= 0.3 is 11.9 Å². The number of hydrogen-bond donors (Lipinski definition) is 0. The highest BCUT2D eigenvalue weighted by Gasteiger charge is 2.20. The maximum atomic E-state index is 12.9. The molecule has 1 unspecified atom stereocenters. The predicted octanol–water partition coefficient (Wildman–Crippen LogP) is 10.2. The maximum Gasteiger partial charge on any atom is 0.343 e. The van der Waals surface area contributed by atoms with Crippen LogP contribution in [0.2, 0.25) is 0 Å². The third-order valence-corrected chi connectivity index (χ3v) is 7.49. The molecule has 226 valence electrons. The number of benzene rings is 3. The Hall–Kier alpha value is -3.60. The van der Waals surface area contributed by atoms with Crippen LogP contribution >= 0.6 is 0 Å². The van der Waals surface area contributed by atoms with Crippen LogP contribution in [0.3, 0.4) is 0 Å². The minimum atomic E-state index is -0.524. The van der Waals surface area contributed by atoms with Crippen LogP contribution in [-0.2, 0) is 4.74 Å². The monoisotopic (exact) mass is 572 g/mol. The van der Waals surface area contributed by atoms with Crippen LogP contribution < -0.4 is 9.47 Å². The fourth-order valence-electron chi connectivity index (χ4n) is 4.84. The van der Waals surface area contributed by atoms with E-state index in [0.717, 1.165) is 55.6 Å². The molecule has 5 nitrogen and oxygen atoms in total. The SMILES string of the molecule is CCCCCCCCCCOc1ccc(-c2ccc(C(=O)Oc3ccccc3C(=O)OC(CC)CCCC)cc2)cc1. The molecule has 0 fully saturated rings. The third-order valence-electron chi connectivity index (χ3n) is 7.49. The van der Waals surface area contributed by atoms with Gasteiger partial charge in [-0.15, -0.1) is 0 Å². The van der Waals surface area contributed by atoms with Crippen LogP contribution in [-0.4, -0.2) is 24.6 Å². The summed E-state index contributed by atoms with van der Waals surface area (Å²) >= 11 is 0. The van der Waals surface area contributed by atoms with Gasteiger partial charge in [-0.2, -0.15) is 0 Å². The first kappa shape index (κ1) is 32.9. The van der Waals surface area contributed by atoms with Crippen LogP contribution in [0.4, 0.5) is 0 Å². The van der Waals surface area contributed by atoms with Crippen molar-refractivity contribution in [3.8, 4) is 22.6 Å². The molecule has 1 atom stereocenters. The van der Waals surface area contributed by atoms with E-state index in [-0.39, 0.29) is 17.4 Å². The summed E-state index contributed by atoms with van der Waals surface area (Å²) in [5.74, 6) is 0.0747. The van der Waals surface area contributed by atoms with Crippen molar-refractivity contribution in [2.75, 3.05) is 6.61 Å². The summed E-state index contributed by atoms with van der Waals surface area (Å²) in [7, 11) is 0. The van der Waals surface area contributed by atoms with Crippen molar-refractivity contribution in [1.29, 1.82) is 0 Å². The Morgan fingerprint density at radius 1 is 0.643 bits per heavy atom. The molecule has 0 aliphatic heterocycles. The van der Waals surface area contributed by atoms with Gasteiger partial charge < -0.3 is 14.2 Å². The third kappa shape index (κ3) is 11.0. The largest absolute Gasteiger partial charge is 0.494 e. The van der Waals surface area contributed by atoms with Gasteiger partial charge in [0.1, 0.15) is 23.2 Å². The van der Waals surface area contributed by atoms with Gasteiger partial charge in [-0.25, -0.2) is 9.59 Å². The summed E-state index contributed by atoms with van der Waals surface area (Å²) in [6.45, 7) is 7.11. The van der Waals surface area contributed by atoms with Crippen molar-refractivity contribution in [3.05, 3.63) is 83.9 Å². The molecule has 3 aromatic rings. The molecule has 0 radical (unpaired) electrons. The molecular formula is C37H48O5. The molecule has 0 bridgehead atoms. The zero-order chi connectivity index (χ0) is 30.0. The standard InChI is InChI=1S/C37H48O5/c1-4-7-9-10-11-12-13-16-28-40-33-26-24-30(25-27-33)29-20-22-31(23-21-29)36(38)42-35-19-15-14-18-34(35)37(39)41-32(6-3)17-8-5-2/h14-15,18-27,32H,4-13,16-17,28H2,1-3H3. The molecule has 5 heteroatoms. The van der Waals surface area contributed by atoms with Crippen LogP contribution in [0.15, 0.2) is 72.8 Å². The molecule has 42 heavy (non-hydrogen) atoms. The van der Waals surface area contributed by atoms with Gasteiger partial charge in [0.05, 0.1) is 12.2 Å². The van der Waals surface area contributed by atoms with Gasteiger partial charge in [0.25, 0.3) is 0 Å². The molecule has 0 saturated heterocycles. The highest BCUT2D eigenvalue weighted by atomic mass is 16.6. The summed E-state index contributed by atoms with van der Waals surface area (Å²) in [6, 6.07) is 22.0. The predicted molar refractivity (Wildman–Crippen MR) is 170 cm³/mol. The van der Waals surface area contributed by atoms with Crippen molar-refractivity contribution < 1.29 is 23.8 Å². The summed E-state index contributed by atoms with van der Waals surface area (Å²) in [4.78, 5) is 25.8. The van der Waals surface area contributed by atoms with Crippen LogP contribution in [0.5, 0.6) is 11.5 Å². The highest BCUT2D eigenvalue weighted by Crippen LogP contribution is 2.25. The summed E-state index contributed by atoms with van der Waals surface area (Å²) in [5.41, 5.74) is 2.68. The second-order valence-corrected chi connectivity index (χ2v) is 10.9. The van der Waals surface area contributed by atoms with Gasteiger partial charge in [0.2, 0.25) is 0 Å². The van der Waals surface area contributed by atoms with E-state index in [1.54, 1.807) is 36.4 Å². The molecule has 0 heterocycles. The maximum absolute atomic E-state index is 12.9. The Kier molecular flexibility index (Phi) is 14.7. The lowest BCUT2D eigenvalue weighted by atomic mass is 10.0. The van der Waals surface area contributed by atoms with Crippen molar-refractivity contribution in [3.63, 3.8) is 0 Å². The average Bonchev–Trinajstić information content (AvgIpc) is 3.02. The number of rotatable bonds is 19. The van der Waals surface area contributed by atoms with Gasteiger partial charge in [-0.3, -0.25) is 0 Å². The van der Waals surface area contributed by atoms with Gasteiger partial charge in [0, 0.05) is 0 Å². The van der Waals surface area contributed by atoms with Gasteiger partial charge in [0.15, 0.2) is 0 Å². The highest BCUT2D eigenvalue weighted by molar-refractivity contribution is 5.96. The lowest BCUT2D eigenvalue weighted by molar-refractivity contribution is 0.0264. The van der Waals surface area contributed by atoms with E-state index in [4.69, 9.17) is 14.2 Å². The van der Waals surface area contributed by atoms with E-state index in [2.05, 4.69) is 13.8 Å². The first-order chi connectivity index (χ1) is 20.5. The topological polar surface area (TPSA) is 61.8 Å². The number of para-hydroxylation sites is 1. The summed E-state index contributed by atoms with van der Waals surface area (Å²) < 4.78 is 17.3. The number of hydrogen-bond acceptors (Lipinski definition) is 5. The molecule has 0 saturated carbocycles. The second kappa shape index (κ2) is 18.8. The smallest absolute Gasteiger partial charge is 0.343 e. The van der Waals surface area contributed by atoms with Gasteiger partial charge in [-0.1, -0.05) is 115 Å². The first-order valence-corrected chi connectivity index (χ1v) is 15.9. The van der Waals surface area contributed by atoms with Gasteiger partial charge in [-0.05, 0) is 66.8 Å². The quantitative estimate of drug-likeness (QED) is 0.0812. The fraction of sp³-hybridized carbons (Fsp3) is 0.459. The van der Waals surface area contributed by atoms with E-state index in [1.807, 2.05) is 43.3 Å². The Morgan fingerprint density at radius 2 is 1.24 bits per heavy atom. The fourth-order valence-corrected chi connectivity index (χ4v) is 4.84. The van der Waals surface area contributed by atoms with E-state index in [0.29, 0.717) is 5.56 Å². The Balaban J connectivity index is 1.50. The molecule has 0 aromatic heterocycles. The minimum absolute atomic E-state index is 0.149. The molecule has 0 amide bonds. The lowest BCUT2D eigenvalue weighted by Gasteiger charge is -2.17. The molecule has 0 spiro atoms. The summed E-state index contributed by atoms with van der Waals surface area (Å²) in [6.07, 6.45) is 13.7. The van der Waals surface area contributed by atoms with E-state index < -0.39 is 11.9 Å². The number of carbonyl (C=O) groups excluding carboxylic acids is 2. The second-order valence-electron chi connectivity index (χ2n) is 10.9. The number of ether oxygens (including phenoxy) is 3. The van der Waals surface area contributed by atoms with Crippen LogP contribution in [0.25, 0.3) is 11.1 Å². The molecular weight excluding hydrogens is 524 g/mol. The lowest BCUT2D eigenvalue weighted by Crippen LogP contribution is -2.19. The van der Waals surface area contributed by atoms with Crippen LogP contribution in [0, 0.1) is 0 Å². The number of unbranched alkanes of at least 4 members (excludes halogenated alkanes) is 8. The van der Waals surface area contributed by atoms with Crippen molar-refractivity contribution in [2.24, 2.45) is 0 Å². The average molecular weight is 573 g/mol. The molecule has 0 N–H and O–H groups in total. The van der Waals surface area contributed by atoms with Crippen LogP contribution in [0.1, 0.15) is 119 Å². The normalized spacial score (nSPS) is 11.6. The number of carbonyl (C=O) groups is 2. The molecule has 0 aliphatic carbocycles. The van der Waals surface area contributed by atoms with Crippen molar-refractivity contribution >= 4 is 11.9 Å². The Bertz CT molecular complexity index is 1200. The van der Waals surface area contributed by atoms with E-state index in [1.165, 1.54) is 44.9 Å². The van der Waals surface area contributed by atoms with E-state index in [9.17, 15) is 9.59 Å². The molecule has 0 aliphatic rings. The zero-order valence-corrected chi connectivity index (χ0v) is 25.7. The Morgan fingerprint density at radius 3 is 1.88 bits per heavy atom. The van der Waals surface area contributed by atoms with Crippen molar-refractivity contribution in [2.45, 2.75) is 104 Å². The molecule has 3 aromatic carbocycles. The first-order valence-electron chi connectivity index (χ1n) is 15.9. The number of esters is 2.